The van der Waals surface area contributed by atoms with Gasteiger partial charge in [-0.05, 0) is 39.3 Å². The number of nitrogens with zero attached hydrogens (tertiary/aromatic N) is 2. The molecule has 0 aromatic carbocycles. The second-order valence-electron chi connectivity index (χ2n) is 4.72. The lowest BCUT2D eigenvalue weighted by Gasteiger charge is -2.30. The Bertz CT molecular complexity index is 228. The smallest absolute Gasteiger partial charge is 0.317 e. The number of urea groups is 1. The Labute approximate surface area is 91.6 Å². The van der Waals surface area contributed by atoms with Crippen LogP contribution in [0, 0.1) is 0 Å². The molecule has 1 aliphatic heterocycles. The zero-order valence-corrected chi connectivity index (χ0v) is 9.54. The van der Waals surface area contributed by atoms with E-state index in [4.69, 9.17) is 0 Å². The predicted octanol–water partition coefficient (Wildman–Crippen LogP) is 0.886. The van der Waals surface area contributed by atoms with E-state index >= 15 is 0 Å². The van der Waals surface area contributed by atoms with Gasteiger partial charge in [0.15, 0.2) is 0 Å². The Morgan fingerprint density at radius 3 is 2.60 bits per heavy atom. The van der Waals surface area contributed by atoms with Gasteiger partial charge in [0.25, 0.3) is 0 Å². The molecule has 2 aliphatic rings. The van der Waals surface area contributed by atoms with Crippen molar-refractivity contribution in [2.45, 2.75) is 31.7 Å². The number of carbonyl (C=O) groups excluding carboxylic acids is 1. The zero-order chi connectivity index (χ0) is 10.7. The van der Waals surface area contributed by atoms with Gasteiger partial charge < -0.3 is 15.1 Å². The minimum atomic E-state index is 0.148. The van der Waals surface area contributed by atoms with Crippen molar-refractivity contribution in [3.63, 3.8) is 0 Å². The molecule has 0 atom stereocenters. The van der Waals surface area contributed by atoms with Gasteiger partial charge in [-0.25, -0.2) is 4.79 Å². The van der Waals surface area contributed by atoms with Crippen LogP contribution in [0.3, 0.4) is 0 Å². The van der Waals surface area contributed by atoms with Crippen LogP contribution in [-0.4, -0.2) is 55.1 Å². The summed E-state index contributed by atoms with van der Waals surface area (Å²) in [5, 5.41) is 3.10. The molecule has 4 nitrogen and oxygen atoms in total. The minimum Gasteiger partial charge on any atom is -0.335 e. The molecule has 4 heteroatoms. The number of hydrogen-bond donors (Lipinski definition) is 1. The fourth-order valence-electron chi connectivity index (χ4n) is 2.07. The van der Waals surface area contributed by atoms with Crippen LogP contribution in [0.5, 0.6) is 0 Å². The predicted molar refractivity (Wildman–Crippen MR) is 59.9 cm³/mol. The van der Waals surface area contributed by atoms with Crippen molar-refractivity contribution in [2.24, 2.45) is 0 Å². The van der Waals surface area contributed by atoms with Gasteiger partial charge in [-0.1, -0.05) is 0 Å². The van der Waals surface area contributed by atoms with E-state index in [0.29, 0.717) is 6.04 Å². The summed E-state index contributed by atoms with van der Waals surface area (Å²) >= 11 is 0. The van der Waals surface area contributed by atoms with E-state index in [0.717, 1.165) is 32.6 Å². The van der Waals surface area contributed by atoms with Crippen molar-refractivity contribution in [1.29, 1.82) is 0 Å². The molecule has 2 rings (SSSR count). The quantitative estimate of drug-likeness (QED) is 0.699. The van der Waals surface area contributed by atoms with E-state index in [1.54, 1.807) is 0 Å². The van der Waals surface area contributed by atoms with Crippen LogP contribution in [0.4, 0.5) is 4.79 Å². The molecule has 2 fully saturated rings. The molecular weight excluding hydrogens is 190 g/mol. The van der Waals surface area contributed by atoms with Crippen molar-refractivity contribution < 1.29 is 4.79 Å². The van der Waals surface area contributed by atoms with E-state index in [1.165, 1.54) is 19.3 Å². The van der Waals surface area contributed by atoms with E-state index in [1.807, 2.05) is 4.90 Å². The fraction of sp³-hybridized carbons (Fsp3) is 0.909. The first-order chi connectivity index (χ1) is 7.25. The molecule has 0 aromatic rings. The third-order valence-electron chi connectivity index (χ3n) is 3.44. The number of likely N-dealkylation sites (N-methyl/N-ethyl adjacent to an activating group) is 1. The minimum absolute atomic E-state index is 0.148. The van der Waals surface area contributed by atoms with E-state index in [-0.39, 0.29) is 6.03 Å². The molecule has 1 aliphatic carbocycles. The molecule has 0 spiro atoms. The second kappa shape index (κ2) is 4.84. The van der Waals surface area contributed by atoms with Crippen LogP contribution in [0.2, 0.25) is 0 Å². The van der Waals surface area contributed by atoms with Gasteiger partial charge in [0.05, 0.1) is 0 Å². The molecule has 0 radical (unpaired) electrons. The lowest BCUT2D eigenvalue weighted by atomic mass is 9.93. The summed E-state index contributed by atoms with van der Waals surface area (Å²) in [4.78, 5) is 16.1. The number of amides is 2. The van der Waals surface area contributed by atoms with Gasteiger partial charge in [0.1, 0.15) is 0 Å². The number of nitrogens with one attached hydrogen (secondary N) is 1. The average molecular weight is 211 g/mol. The monoisotopic (exact) mass is 211 g/mol. The first-order valence-corrected chi connectivity index (χ1v) is 6.00. The van der Waals surface area contributed by atoms with Crippen molar-refractivity contribution in [3.05, 3.63) is 0 Å². The highest BCUT2D eigenvalue weighted by Gasteiger charge is 2.23. The van der Waals surface area contributed by atoms with Crippen molar-refractivity contribution in [3.8, 4) is 0 Å². The molecule has 15 heavy (non-hydrogen) atoms. The highest BCUT2D eigenvalue weighted by molar-refractivity contribution is 5.74. The molecule has 1 N–H and O–H groups in total. The number of hydrogen-bond acceptors (Lipinski definition) is 2. The van der Waals surface area contributed by atoms with Gasteiger partial charge in [-0.15, -0.1) is 0 Å². The summed E-state index contributed by atoms with van der Waals surface area (Å²) in [5.74, 6) is 0. The molecule has 1 saturated heterocycles. The molecule has 1 heterocycles. The van der Waals surface area contributed by atoms with Crippen LogP contribution in [0.25, 0.3) is 0 Å². The molecular formula is C11H21N3O. The maximum absolute atomic E-state index is 11.9. The highest BCUT2D eigenvalue weighted by atomic mass is 16.2. The molecule has 1 saturated carbocycles. The maximum atomic E-state index is 11.9. The summed E-state index contributed by atoms with van der Waals surface area (Å²) in [6, 6.07) is 0.605. The fourth-order valence-corrected chi connectivity index (χ4v) is 2.07. The van der Waals surface area contributed by atoms with Crippen LogP contribution in [-0.2, 0) is 0 Å². The molecule has 0 aromatic heterocycles. The molecule has 0 bridgehead atoms. The van der Waals surface area contributed by atoms with Crippen LogP contribution in [0.15, 0.2) is 0 Å². The van der Waals surface area contributed by atoms with Gasteiger partial charge in [0.2, 0.25) is 0 Å². The Kier molecular flexibility index (Phi) is 3.46. The topological polar surface area (TPSA) is 35.6 Å². The Balaban J connectivity index is 1.77. The summed E-state index contributed by atoms with van der Waals surface area (Å²) in [6.45, 7) is 3.88. The summed E-state index contributed by atoms with van der Waals surface area (Å²) < 4.78 is 0. The third kappa shape index (κ3) is 2.84. The molecule has 0 unspecified atom stereocenters. The largest absolute Gasteiger partial charge is 0.335 e. The maximum Gasteiger partial charge on any atom is 0.317 e. The lowest BCUT2D eigenvalue weighted by molar-refractivity contribution is 0.188. The third-order valence-corrected chi connectivity index (χ3v) is 3.44. The average Bonchev–Trinajstić information content (AvgIpc) is 2.36. The van der Waals surface area contributed by atoms with Gasteiger partial charge in [-0.2, -0.15) is 0 Å². The SMILES string of the molecule is CN1CCCN(C(=O)NC2CCC2)CC1. The van der Waals surface area contributed by atoms with Gasteiger partial charge >= 0.3 is 6.03 Å². The zero-order valence-electron chi connectivity index (χ0n) is 9.54. The first-order valence-electron chi connectivity index (χ1n) is 6.00. The highest BCUT2D eigenvalue weighted by Crippen LogP contribution is 2.18. The molecule has 2 amide bonds. The van der Waals surface area contributed by atoms with Crippen LogP contribution >= 0.6 is 0 Å². The van der Waals surface area contributed by atoms with Crippen molar-refractivity contribution in [1.82, 2.24) is 15.1 Å². The summed E-state index contributed by atoms with van der Waals surface area (Å²) in [7, 11) is 2.12. The van der Waals surface area contributed by atoms with Crippen LogP contribution in [0.1, 0.15) is 25.7 Å². The Morgan fingerprint density at radius 2 is 1.93 bits per heavy atom. The lowest BCUT2D eigenvalue weighted by Crippen LogP contribution is -2.48. The summed E-state index contributed by atoms with van der Waals surface area (Å²) in [6.07, 6.45) is 4.70. The normalized spacial score (nSPS) is 24.5. The molecule has 86 valence electrons. The number of rotatable bonds is 1. The van der Waals surface area contributed by atoms with Crippen molar-refractivity contribution >= 4 is 6.03 Å². The Morgan fingerprint density at radius 1 is 1.13 bits per heavy atom. The standard InChI is InChI=1S/C11H21N3O/c1-13-6-3-7-14(9-8-13)11(15)12-10-4-2-5-10/h10H,2-9H2,1H3,(H,12,15). The number of carbonyl (C=O) groups is 1. The Hall–Kier alpha value is -0.770. The van der Waals surface area contributed by atoms with Crippen molar-refractivity contribution in [2.75, 3.05) is 33.2 Å². The van der Waals surface area contributed by atoms with E-state index in [2.05, 4.69) is 17.3 Å². The van der Waals surface area contributed by atoms with Crippen LogP contribution < -0.4 is 5.32 Å². The van der Waals surface area contributed by atoms with E-state index in [9.17, 15) is 4.79 Å². The van der Waals surface area contributed by atoms with E-state index < -0.39 is 0 Å². The first kappa shape index (κ1) is 10.7. The van der Waals surface area contributed by atoms with Gasteiger partial charge in [0, 0.05) is 25.7 Å². The second-order valence-corrected chi connectivity index (χ2v) is 4.72. The van der Waals surface area contributed by atoms with Gasteiger partial charge in [-0.3, -0.25) is 0 Å². The summed E-state index contributed by atoms with van der Waals surface area (Å²) in [5.41, 5.74) is 0.